The molecule has 5 nitrogen and oxygen atoms in total. The standard InChI is InChI=1S/C16H21ClFN3O2.ClH/c1-19-6-2-3-15(22)20-7-9-21(10-8-20)16(23)13-5-4-12(18)11-14(13)17;/h4-5,11,19H,2-3,6-10H2,1H3;1H. The Morgan fingerprint density at radius 2 is 1.83 bits per heavy atom. The summed E-state index contributed by atoms with van der Waals surface area (Å²) >= 11 is 5.94. The molecule has 2 rings (SSSR count). The van der Waals surface area contributed by atoms with Crippen LogP contribution in [0.5, 0.6) is 0 Å². The van der Waals surface area contributed by atoms with Gasteiger partial charge in [-0.25, -0.2) is 4.39 Å². The first kappa shape index (κ1) is 20.7. The van der Waals surface area contributed by atoms with E-state index in [9.17, 15) is 14.0 Å². The van der Waals surface area contributed by atoms with Gasteiger partial charge in [0.25, 0.3) is 5.91 Å². The SMILES string of the molecule is CNCCCC(=O)N1CCN(C(=O)c2ccc(F)cc2Cl)CC1.Cl. The van der Waals surface area contributed by atoms with Gasteiger partial charge in [0, 0.05) is 32.6 Å². The molecule has 0 saturated carbocycles. The van der Waals surface area contributed by atoms with Crippen molar-refractivity contribution in [3.05, 3.63) is 34.6 Å². The molecule has 0 atom stereocenters. The lowest BCUT2D eigenvalue weighted by Crippen LogP contribution is -2.50. The lowest BCUT2D eigenvalue weighted by molar-refractivity contribution is -0.132. The minimum Gasteiger partial charge on any atom is -0.339 e. The van der Waals surface area contributed by atoms with Gasteiger partial charge in [-0.15, -0.1) is 12.4 Å². The van der Waals surface area contributed by atoms with E-state index in [-0.39, 0.29) is 29.2 Å². The van der Waals surface area contributed by atoms with Gasteiger partial charge in [-0.2, -0.15) is 0 Å². The highest BCUT2D eigenvalue weighted by Gasteiger charge is 2.25. The number of amides is 2. The van der Waals surface area contributed by atoms with Crippen LogP contribution >= 0.6 is 24.0 Å². The molecular formula is C16H22Cl2FN3O2. The Morgan fingerprint density at radius 1 is 1.21 bits per heavy atom. The van der Waals surface area contributed by atoms with Crippen LogP contribution < -0.4 is 5.32 Å². The average molecular weight is 378 g/mol. The number of benzene rings is 1. The lowest BCUT2D eigenvalue weighted by atomic mass is 10.1. The number of carbonyl (C=O) groups is 2. The Labute approximate surface area is 152 Å². The molecule has 0 aromatic heterocycles. The molecule has 1 fully saturated rings. The van der Waals surface area contributed by atoms with E-state index in [4.69, 9.17) is 11.6 Å². The first-order chi connectivity index (χ1) is 11.0. The summed E-state index contributed by atoms with van der Waals surface area (Å²) < 4.78 is 13.1. The van der Waals surface area contributed by atoms with Crippen LogP contribution in [0, 0.1) is 5.82 Å². The number of nitrogens with zero attached hydrogens (tertiary/aromatic N) is 2. The van der Waals surface area contributed by atoms with Crippen molar-refractivity contribution in [2.24, 2.45) is 0 Å². The predicted octanol–water partition coefficient (Wildman–Crippen LogP) is 2.18. The molecule has 1 saturated heterocycles. The van der Waals surface area contributed by atoms with Crippen LogP contribution in [0.3, 0.4) is 0 Å². The van der Waals surface area contributed by atoms with Crippen LogP contribution in [0.4, 0.5) is 4.39 Å². The second-order valence-corrected chi connectivity index (χ2v) is 5.91. The lowest BCUT2D eigenvalue weighted by Gasteiger charge is -2.35. The summed E-state index contributed by atoms with van der Waals surface area (Å²) in [6, 6.07) is 3.76. The van der Waals surface area contributed by atoms with Gasteiger partial charge in [0.15, 0.2) is 0 Å². The van der Waals surface area contributed by atoms with Gasteiger partial charge in [-0.3, -0.25) is 9.59 Å². The largest absolute Gasteiger partial charge is 0.339 e. The third-order valence-electron chi connectivity index (χ3n) is 3.90. The Hall–Kier alpha value is -1.37. The van der Waals surface area contributed by atoms with E-state index < -0.39 is 5.82 Å². The van der Waals surface area contributed by atoms with E-state index >= 15 is 0 Å². The van der Waals surface area contributed by atoms with Gasteiger partial charge in [0.05, 0.1) is 10.6 Å². The minimum absolute atomic E-state index is 0. The first-order valence-electron chi connectivity index (χ1n) is 7.69. The molecule has 0 radical (unpaired) electrons. The molecule has 0 bridgehead atoms. The Morgan fingerprint density at radius 3 is 2.42 bits per heavy atom. The number of piperazine rings is 1. The van der Waals surface area contributed by atoms with E-state index in [2.05, 4.69) is 5.32 Å². The second-order valence-electron chi connectivity index (χ2n) is 5.50. The van der Waals surface area contributed by atoms with Crippen molar-refractivity contribution in [2.45, 2.75) is 12.8 Å². The number of nitrogens with one attached hydrogen (secondary N) is 1. The molecule has 134 valence electrons. The zero-order valence-electron chi connectivity index (χ0n) is 13.6. The highest BCUT2D eigenvalue weighted by molar-refractivity contribution is 6.33. The van der Waals surface area contributed by atoms with Crippen LogP contribution in [0.1, 0.15) is 23.2 Å². The fourth-order valence-electron chi connectivity index (χ4n) is 2.57. The molecular weight excluding hydrogens is 356 g/mol. The van der Waals surface area contributed by atoms with Gasteiger partial charge < -0.3 is 15.1 Å². The summed E-state index contributed by atoms with van der Waals surface area (Å²) in [6.07, 6.45) is 1.32. The predicted molar refractivity (Wildman–Crippen MR) is 94.3 cm³/mol. The van der Waals surface area contributed by atoms with Gasteiger partial charge >= 0.3 is 0 Å². The number of halogens is 3. The number of carbonyl (C=O) groups excluding carboxylic acids is 2. The minimum atomic E-state index is -0.469. The highest BCUT2D eigenvalue weighted by Crippen LogP contribution is 2.20. The fourth-order valence-corrected chi connectivity index (χ4v) is 2.81. The van der Waals surface area contributed by atoms with Crippen LogP contribution in [0.25, 0.3) is 0 Å². The summed E-state index contributed by atoms with van der Waals surface area (Å²) in [5, 5.41) is 3.12. The topological polar surface area (TPSA) is 52.7 Å². The maximum Gasteiger partial charge on any atom is 0.255 e. The van der Waals surface area contributed by atoms with E-state index in [1.165, 1.54) is 12.1 Å². The van der Waals surface area contributed by atoms with E-state index in [1.54, 1.807) is 9.80 Å². The number of hydrogen-bond donors (Lipinski definition) is 1. The molecule has 24 heavy (non-hydrogen) atoms. The van der Waals surface area contributed by atoms with Crippen LogP contribution in [0.2, 0.25) is 5.02 Å². The third-order valence-corrected chi connectivity index (χ3v) is 4.21. The van der Waals surface area contributed by atoms with Crippen molar-refractivity contribution >= 4 is 35.8 Å². The van der Waals surface area contributed by atoms with E-state index in [0.717, 1.165) is 19.0 Å². The number of rotatable bonds is 5. The molecule has 0 aliphatic carbocycles. The van der Waals surface area contributed by atoms with E-state index in [0.29, 0.717) is 38.2 Å². The van der Waals surface area contributed by atoms with Crippen molar-refractivity contribution in [2.75, 3.05) is 39.8 Å². The van der Waals surface area contributed by atoms with Crippen molar-refractivity contribution in [3.8, 4) is 0 Å². The van der Waals surface area contributed by atoms with Crippen molar-refractivity contribution in [3.63, 3.8) is 0 Å². The molecule has 8 heteroatoms. The molecule has 1 aliphatic rings. The van der Waals surface area contributed by atoms with Crippen molar-refractivity contribution in [1.82, 2.24) is 15.1 Å². The molecule has 1 aromatic rings. The van der Waals surface area contributed by atoms with Crippen molar-refractivity contribution in [1.29, 1.82) is 0 Å². The maximum atomic E-state index is 13.1. The Bertz CT molecular complexity index is 578. The maximum absolute atomic E-state index is 13.1. The summed E-state index contributed by atoms with van der Waals surface area (Å²) in [5.41, 5.74) is 0.293. The molecule has 1 N–H and O–H groups in total. The molecule has 1 aromatic carbocycles. The van der Waals surface area contributed by atoms with Gasteiger partial charge in [-0.1, -0.05) is 11.6 Å². The van der Waals surface area contributed by atoms with Gasteiger partial charge in [0.2, 0.25) is 5.91 Å². The first-order valence-corrected chi connectivity index (χ1v) is 8.07. The van der Waals surface area contributed by atoms with Gasteiger partial charge in [0.1, 0.15) is 5.82 Å². The molecule has 1 heterocycles. The Balaban J connectivity index is 0.00000288. The monoisotopic (exact) mass is 377 g/mol. The third kappa shape index (κ3) is 5.33. The van der Waals surface area contributed by atoms with Gasteiger partial charge in [-0.05, 0) is 38.2 Å². The summed E-state index contributed by atoms with van der Waals surface area (Å²) in [6.45, 7) is 2.77. The molecule has 0 unspecified atom stereocenters. The summed E-state index contributed by atoms with van der Waals surface area (Å²) in [4.78, 5) is 27.9. The molecule has 2 amide bonds. The Kier molecular flexibility index (Phi) is 8.45. The zero-order valence-corrected chi connectivity index (χ0v) is 15.1. The molecule has 0 spiro atoms. The summed E-state index contributed by atoms with van der Waals surface area (Å²) in [5.74, 6) is -0.576. The second kappa shape index (κ2) is 9.81. The molecule has 1 aliphatic heterocycles. The normalized spacial score (nSPS) is 14.3. The fraction of sp³-hybridized carbons (Fsp3) is 0.500. The highest BCUT2D eigenvalue weighted by atomic mass is 35.5. The van der Waals surface area contributed by atoms with Crippen molar-refractivity contribution < 1.29 is 14.0 Å². The zero-order chi connectivity index (χ0) is 16.8. The van der Waals surface area contributed by atoms with Crippen LogP contribution in [-0.2, 0) is 4.79 Å². The van der Waals surface area contributed by atoms with Crippen LogP contribution in [-0.4, -0.2) is 61.4 Å². The number of hydrogen-bond acceptors (Lipinski definition) is 3. The van der Waals surface area contributed by atoms with Crippen LogP contribution in [0.15, 0.2) is 18.2 Å². The smallest absolute Gasteiger partial charge is 0.255 e. The van der Waals surface area contributed by atoms with E-state index in [1.807, 2.05) is 7.05 Å². The average Bonchev–Trinajstić information content (AvgIpc) is 2.54. The quantitative estimate of drug-likeness (QED) is 0.800. The summed E-state index contributed by atoms with van der Waals surface area (Å²) in [7, 11) is 1.86.